The van der Waals surface area contributed by atoms with Gasteiger partial charge in [0.2, 0.25) is 0 Å². The van der Waals surface area contributed by atoms with E-state index >= 15 is 0 Å². The smallest absolute Gasteiger partial charge is 0.336 e. The first-order valence-electron chi connectivity index (χ1n) is 4.56. The van der Waals surface area contributed by atoms with Crippen molar-refractivity contribution in [2.45, 2.75) is 26.3 Å². The van der Waals surface area contributed by atoms with Gasteiger partial charge < -0.3 is 10.8 Å². The minimum atomic E-state index is -1.14. The number of aromatic carboxylic acids is 1. The van der Waals surface area contributed by atoms with Crippen LogP contribution in [0.2, 0.25) is 0 Å². The summed E-state index contributed by atoms with van der Waals surface area (Å²) in [6.07, 6.45) is 0. The summed E-state index contributed by atoms with van der Waals surface area (Å²) in [5.41, 5.74) is 5.61. The van der Waals surface area contributed by atoms with E-state index in [4.69, 9.17) is 10.8 Å². The largest absolute Gasteiger partial charge is 0.478 e. The van der Waals surface area contributed by atoms with Crippen molar-refractivity contribution in [2.75, 3.05) is 0 Å². The van der Waals surface area contributed by atoms with Crippen LogP contribution >= 0.6 is 0 Å². The Balaban J connectivity index is 3.43. The number of carboxylic acid groups (broad SMARTS) is 1. The zero-order valence-corrected chi connectivity index (χ0v) is 8.97. The molecule has 4 heteroatoms. The van der Waals surface area contributed by atoms with Gasteiger partial charge in [-0.05, 0) is 44.0 Å². The standard InChI is InChI=1S/C11H14FNO2/c1-6-8(10(14)15)4-7(5-9(6)12)11(2,3)13/h4-5H,13H2,1-3H3,(H,14,15). The summed E-state index contributed by atoms with van der Waals surface area (Å²) in [5, 5.41) is 8.87. The summed E-state index contributed by atoms with van der Waals surface area (Å²) >= 11 is 0. The van der Waals surface area contributed by atoms with E-state index in [-0.39, 0.29) is 11.1 Å². The van der Waals surface area contributed by atoms with Crippen molar-refractivity contribution in [3.05, 3.63) is 34.6 Å². The molecule has 3 nitrogen and oxygen atoms in total. The molecule has 82 valence electrons. The van der Waals surface area contributed by atoms with Gasteiger partial charge in [0.1, 0.15) is 5.82 Å². The quantitative estimate of drug-likeness (QED) is 0.786. The van der Waals surface area contributed by atoms with E-state index in [0.29, 0.717) is 5.56 Å². The van der Waals surface area contributed by atoms with E-state index in [2.05, 4.69) is 0 Å². The molecule has 0 spiro atoms. The Labute approximate surface area is 87.7 Å². The third-order valence-corrected chi connectivity index (χ3v) is 2.32. The molecular formula is C11H14FNO2. The van der Waals surface area contributed by atoms with Gasteiger partial charge in [0.25, 0.3) is 0 Å². The van der Waals surface area contributed by atoms with Crippen molar-refractivity contribution in [2.24, 2.45) is 5.73 Å². The number of halogens is 1. The van der Waals surface area contributed by atoms with Gasteiger partial charge in [-0.25, -0.2) is 9.18 Å². The molecule has 0 fully saturated rings. The molecule has 0 radical (unpaired) electrons. The van der Waals surface area contributed by atoms with Crippen molar-refractivity contribution in [3.63, 3.8) is 0 Å². The van der Waals surface area contributed by atoms with Gasteiger partial charge in [-0.3, -0.25) is 0 Å². The zero-order chi connectivity index (χ0) is 11.8. The molecular weight excluding hydrogens is 197 g/mol. The van der Waals surface area contributed by atoms with Gasteiger partial charge in [0, 0.05) is 5.54 Å². The van der Waals surface area contributed by atoms with E-state index < -0.39 is 17.3 Å². The van der Waals surface area contributed by atoms with Crippen molar-refractivity contribution < 1.29 is 14.3 Å². The molecule has 1 aromatic rings. The molecule has 0 saturated carbocycles. The fourth-order valence-electron chi connectivity index (χ4n) is 1.27. The number of benzene rings is 1. The second-order valence-electron chi connectivity index (χ2n) is 4.16. The minimum absolute atomic E-state index is 0.0384. The molecule has 0 saturated heterocycles. The van der Waals surface area contributed by atoms with Crippen LogP contribution in [-0.2, 0) is 5.54 Å². The first-order valence-corrected chi connectivity index (χ1v) is 4.56. The van der Waals surface area contributed by atoms with E-state index in [1.807, 2.05) is 0 Å². The lowest BCUT2D eigenvalue weighted by atomic mass is 9.92. The fourth-order valence-corrected chi connectivity index (χ4v) is 1.27. The summed E-state index contributed by atoms with van der Waals surface area (Å²) in [6.45, 7) is 4.83. The van der Waals surface area contributed by atoms with Gasteiger partial charge in [-0.15, -0.1) is 0 Å². The lowest BCUT2D eigenvalue weighted by Crippen LogP contribution is -2.29. The van der Waals surface area contributed by atoms with Crippen LogP contribution in [0.5, 0.6) is 0 Å². The molecule has 0 aliphatic carbocycles. The highest BCUT2D eigenvalue weighted by atomic mass is 19.1. The average Bonchev–Trinajstić information content (AvgIpc) is 2.06. The maximum absolute atomic E-state index is 13.4. The zero-order valence-electron chi connectivity index (χ0n) is 8.97. The van der Waals surface area contributed by atoms with Crippen LogP contribution in [0.1, 0.15) is 35.3 Å². The van der Waals surface area contributed by atoms with Gasteiger partial charge in [0.05, 0.1) is 5.56 Å². The Morgan fingerprint density at radius 3 is 2.40 bits per heavy atom. The molecule has 1 rings (SSSR count). The Morgan fingerprint density at radius 2 is 2.00 bits per heavy atom. The van der Waals surface area contributed by atoms with Crippen molar-refractivity contribution in [3.8, 4) is 0 Å². The van der Waals surface area contributed by atoms with Crippen LogP contribution in [0, 0.1) is 12.7 Å². The molecule has 0 bridgehead atoms. The number of hydrogen-bond acceptors (Lipinski definition) is 2. The molecule has 0 amide bonds. The van der Waals surface area contributed by atoms with Crippen molar-refractivity contribution >= 4 is 5.97 Å². The predicted molar refractivity (Wildman–Crippen MR) is 55.3 cm³/mol. The van der Waals surface area contributed by atoms with Crippen molar-refractivity contribution in [1.29, 1.82) is 0 Å². The molecule has 1 aromatic carbocycles. The Kier molecular flexibility index (Phi) is 2.81. The molecule has 0 heterocycles. The normalized spacial score (nSPS) is 11.5. The first kappa shape index (κ1) is 11.7. The third kappa shape index (κ3) is 2.33. The van der Waals surface area contributed by atoms with Crippen LogP contribution in [-0.4, -0.2) is 11.1 Å². The van der Waals surface area contributed by atoms with E-state index in [9.17, 15) is 9.18 Å². The number of nitrogens with two attached hydrogens (primary N) is 1. The number of hydrogen-bond donors (Lipinski definition) is 2. The fraction of sp³-hybridized carbons (Fsp3) is 0.364. The first-order chi connectivity index (χ1) is 6.73. The van der Waals surface area contributed by atoms with Crippen LogP contribution in [0.25, 0.3) is 0 Å². The lowest BCUT2D eigenvalue weighted by molar-refractivity contribution is 0.0695. The van der Waals surface area contributed by atoms with E-state index in [1.54, 1.807) is 13.8 Å². The monoisotopic (exact) mass is 211 g/mol. The van der Waals surface area contributed by atoms with Crippen LogP contribution in [0.4, 0.5) is 4.39 Å². The van der Waals surface area contributed by atoms with E-state index in [1.165, 1.54) is 19.1 Å². The summed E-state index contributed by atoms with van der Waals surface area (Å²) in [5.74, 6) is -1.68. The number of carbonyl (C=O) groups is 1. The highest BCUT2D eigenvalue weighted by Crippen LogP contribution is 2.23. The summed E-state index contributed by atoms with van der Waals surface area (Å²) in [6, 6.07) is 2.70. The SMILES string of the molecule is Cc1c(F)cc(C(C)(C)N)cc1C(=O)O. The maximum atomic E-state index is 13.4. The van der Waals surface area contributed by atoms with Gasteiger partial charge in [-0.2, -0.15) is 0 Å². The van der Waals surface area contributed by atoms with Crippen LogP contribution in [0.3, 0.4) is 0 Å². The lowest BCUT2D eigenvalue weighted by Gasteiger charge is -2.20. The maximum Gasteiger partial charge on any atom is 0.336 e. The number of carboxylic acids is 1. The molecule has 3 N–H and O–H groups in total. The molecule has 0 aliphatic rings. The molecule has 0 atom stereocenters. The Bertz CT molecular complexity index is 408. The van der Waals surface area contributed by atoms with Crippen molar-refractivity contribution in [1.82, 2.24) is 0 Å². The molecule has 15 heavy (non-hydrogen) atoms. The summed E-state index contributed by atoms with van der Waals surface area (Å²) in [4.78, 5) is 10.8. The third-order valence-electron chi connectivity index (χ3n) is 2.32. The van der Waals surface area contributed by atoms with E-state index in [0.717, 1.165) is 0 Å². The van der Waals surface area contributed by atoms with Crippen LogP contribution < -0.4 is 5.73 Å². The predicted octanol–water partition coefficient (Wildman–Crippen LogP) is 2.03. The molecule has 0 unspecified atom stereocenters. The highest BCUT2D eigenvalue weighted by molar-refractivity contribution is 5.89. The topological polar surface area (TPSA) is 63.3 Å². The van der Waals surface area contributed by atoms with Gasteiger partial charge in [-0.1, -0.05) is 0 Å². The second kappa shape index (κ2) is 3.62. The highest BCUT2D eigenvalue weighted by Gasteiger charge is 2.20. The second-order valence-corrected chi connectivity index (χ2v) is 4.16. The molecule has 0 aromatic heterocycles. The number of rotatable bonds is 2. The molecule has 0 aliphatic heterocycles. The Hall–Kier alpha value is -1.42. The van der Waals surface area contributed by atoms with Crippen LogP contribution in [0.15, 0.2) is 12.1 Å². The minimum Gasteiger partial charge on any atom is -0.478 e. The summed E-state index contributed by atoms with van der Waals surface area (Å²) in [7, 11) is 0. The van der Waals surface area contributed by atoms with Gasteiger partial charge in [0.15, 0.2) is 0 Å². The average molecular weight is 211 g/mol. The van der Waals surface area contributed by atoms with Gasteiger partial charge >= 0.3 is 5.97 Å². The Morgan fingerprint density at radius 1 is 1.47 bits per heavy atom. The summed E-state index contributed by atoms with van der Waals surface area (Å²) < 4.78 is 13.4.